The lowest BCUT2D eigenvalue weighted by Crippen LogP contribution is -2.33. The predicted octanol–water partition coefficient (Wildman–Crippen LogP) is 15.7. The average molecular weight is 923 g/mol. The van der Waals surface area contributed by atoms with Crippen molar-refractivity contribution in [2.75, 3.05) is 0 Å². The molecule has 0 radical (unpaired) electrons. The third kappa shape index (κ3) is 9.16. The highest BCUT2D eigenvalue weighted by Crippen LogP contribution is 2.37. The van der Waals surface area contributed by atoms with E-state index in [1.807, 2.05) is 30.3 Å². The molecule has 0 saturated carbocycles. The summed E-state index contributed by atoms with van der Waals surface area (Å²) in [4.78, 5) is 26.4. The summed E-state index contributed by atoms with van der Waals surface area (Å²) in [5.41, 5.74) is 16.6. The van der Waals surface area contributed by atoms with Crippen molar-refractivity contribution in [3.8, 4) is 89.8 Å². The molecule has 1 N–H and O–H groups in total. The molecule has 6 heteroatoms. The highest BCUT2D eigenvalue weighted by Gasteiger charge is 2.25. The average Bonchev–Trinajstić information content (AvgIpc) is 3.48. The van der Waals surface area contributed by atoms with Gasteiger partial charge in [0.2, 0.25) is 0 Å². The van der Waals surface area contributed by atoms with Gasteiger partial charge in [0, 0.05) is 27.8 Å². The molecule has 1 aromatic heterocycles. The van der Waals surface area contributed by atoms with E-state index in [0.29, 0.717) is 23.3 Å². The molecule has 6 nitrogen and oxygen atoms in total. The van der Waals surface area contributed by atoms with Crippen LogP contribution < -0.4 is 5.32 Å². The maximum atomic E-state index is 5.40. The summed E-state index contributed by atoms with van der Waals surface area (Å²) >= 11 is 0. The van der Waals surface area contributed by atoms with Crippen molar-refractivity contribution in [2.45, 2.75) is 6.17 Å². The van der Waals surface area contributed by atoms with E-state index in [2.05, 4.69) is 242 Å². The Hall–Kier alpha value is -9.65. The van der Waals surface area contributed by atoms with Crippen molar-refractivity contribution >= 4 is 11.7 Å². The van der Waals surface area contributed by atoms with Crippen molar-refractivity contribution in [2.24, 2.45) is 9.98 Å². The Morgan fingerprint density at radius 3 is 0.986 bits per heavy atom. The molecule has 12 rings (SSSR count). The standard InChI is InChI=1S/C66H46N6/c1-5-17-45(18-6-1)49-29-37-53(38-30-49)61-67-62(54-39-31-50(32-40-54)46-19-7-2-8-20-46)70-65(69-61)59-27-15-13-25-57(59)58-26-14-16-28-60(58)66-71-63(55-41-33-51(34-42-55)47-21-9-3-10-22-47)68-64(72-66)56-43-35-52(36-44-56)48-23-11-4-12-24-48/h1-44,61H,(H,67,69,70). The van der Waals surface area contributed by atoms with Crippen LogP contribution in [-0.2, 0) is 0 Å². The molecule has 0 amide bonds. The second-order valence-corrected chi connectivity index (χ2v) is 17.7. The summed E-state index contributed by atoms with van der Waals surface area (Å²) in [7, 11) is 0. The first-order valence-corrected chi connectivity index (χ1v) is 24.2. The van der Waals surface area contributed by atoms with Crippen LogP contribution in [0.4, 0.5) is 0 Å². The van der Waals surface area contributed by atoms with E-state index >= 15 is 0 Å². The third-order valence-electron chi connectivity index (χ3n) is 13.1. The molecule has 1 aliphatic rings. The Bertz CT molecular complexity index is 3610. The lowest BCUT2D eigenvalue weighted by Gasteiger charge is -2.25. The zero-order valence-electron chi connectivity index (χ0n) is 39.2. The summed E-state index contributed by atoms with van der Waals surface area (Å²) in [6.45, 7) is 0. The van der Waals surface area contributed by atoms with E-state index in [1.54, 1.807) is 0 Å². The second kappa shape index (κ2) is 19.8. The minimum absolute atomic E-state index is 0.412. The largest absolute Gasteiger partial charge is 0.344 e. The first-order valence-electron chi connectivity index (χ1n) is 24.2. The van der Waals surface area contributed by atoms with Crippen LogP contribution in [0.5, 0.6) is 0 Å². The van der Waals surface area contributed by atoms with E-state index in [1.165, 1.54) is 0 Å². The van der Waals surface area contributed by atoms with Crippen molar-refractivity contribution in [3.63, 3.8) is 0 Å². The summed E-state index contributed by atoms with van der Waals surface area (Å²) in [5.74, 6) is 3.09. The maximum absolute atomic E-state index is 5.40. The number of benzene rings is 10. The predicted molar refractivity (Wildman–Crippen MR) is 295 cm³/mol. The van der Waals surface area contributed by atoms with Gasteiger partial charge in [-0.25, -0.2) is 24.9 Å². The fraction of sp³-hybridized carbons (Fsp3) is 0.0152. The Labute approximate surface area is 419 Å². The molecular formula is C66H46N6. The van der Waals surface area contributed by atoms with Gasteiger partial charge in [-0.1, -0.05) is 267 Å². The molecule has 1 aliphatic heterocycles. The maximum Gasteiger partial charge on any atom is 0.164 e. The minimum Gasteiger partial charge on any atom is -0.344 e. The SMILES string of the molecule is c1ccc(-c2ccc(C3=NC(c4ccccc4-c4ccccc4-c4nc(-c5ccc(-c6ccccc6)cc5)nc(-c5ccc(-c6ccccc6)cc5)n4)=NC(c4ccc(-c5ccccc5)cc4)N3)cc2)cc1. The zero-order valence-corrected chi connectivity index (χ0v) is 39.2. The Morgan fingerprint density at radius 1 is 0.250 bits per heavy atom. The zero-order chi connectivity index (χ0) is 48.1. The van der Waals surface area contributed by atoms with E-state index in [4.69, 9.17) is 24.9 Å². The molecule has 0 saturated heterocycles. The lowest BCUT2D eigenvalue weighted by atomic mass is 9.94. The van der Waals surface area contributed by atoms with Gasteiger partial charge in [0.1, 0.15) is 12.0 Å². The van der Waals surface area contributed by atoms with Gasteiger partial charge >= 0.3 is 0 Å². The number of rotatable bonds is 11. The molecule has 1 unspecified atom stereocenters. The van der Waals surface area contributed by atoms with Gasteiger partial charge in [-0.15, -0.1) is 0 Å². The number of aliphatic imine (C=N–C) groups is 2. The van der Waals surface area contributed by atoms with Crippen LogP contribution in [0.2, 0.25) is 0 Å². The quantitative estimate of drug-likeness (QED) is 0.140. The van der Waals surface area contributed by atoms with Gasteiger partial charge in [-0.05, 0) is 61.2 Å². The van der Waals surface area contributed by atoms with Crippen LogP contribution in [-0.4, -0.2) is 26.6 Å². The fourth-order valence-corrected chi connectivity index (χ4v) is 9.29. The molecule has 1 atom stereocenters. The number of amidine groups is 2. The molecule has 2 heterocycles. The topological polar surface area (TPSA) is 75.4 Å². The van der Waals surface area contributed by atoms with Crippen LogP contribution in [0, 0.1) is 0 Å². The molecule has 0 spiro atoms. The van der Waals surface area contributed by atoms with Crippen molar-refractivity contribution in [3.05, 3.63) is 284 Å². The number of hydrogen-bond donors (Lipinski definition) is 1. The Balaban J connectivity index is 0.966. The molecule has 11 aromatic rings. The van der Waals surface area contributed by atoms with Crippen molar-refractivity contribution in [1.29, 1.82) is 0 Å². The number of nitrogens with zero attached hydrogens (tertiary/aromatic N) is 5. The molecule has 340 valence electrons. The van der Waals surface area contributed by atoms with Crippen molar-refractivity contribution < 1.29 is 0 Å². The molecule has 72 heavy (non-hydrogen) atoms. The summed E-state index contributed by atoms with van der Waals surface area (Å²) in [6.07, 6.45) is -0.412. The summed E-state index contributed by atoms with van der Waals surface area (Å²) in [5, 5.41) is 3.71. The van der Waals surface area contributed by atoms with Gasteiger partial charge < -0.3 is 5.32 Å². The van der Waals surface area contributed by atoms with Gasteiger partial charge in [0.25, 0.3) is 0 Å². The van der Waals surface area contributed by atoms with Gasteiger partial charge in [0.15, 0.2) is 23.3 Å². The number of hydrogen-bond acceptors (Lipinski definition) is 6. The highest BCUT2D eigenvalue weighted by atomic mass is 15.2. The normalized spacial score (nSPS) is 13.1. The molecule has 10 aromatic carbocycles. The van der Waals surface area contributed by atoms with Crippen LogP contribution in [0.3, 0.4) is 0 Å². The van der Waals surface area contributed by atoms with Gasteiger partial charge in [0.05, 0.1) is 0 Å². The molecular weight excluding hydrogens is 877 g/mol. The minimum atomic E-state index is -0.412. The highest BCUT2D eigenvalue weighted by molar-refractivity contribution is 6.15. The van der Waals surface area contributed by atoms with Crippen molar-refractivity contribution in [1.82, 2.24) is 20.3 Å². The molecule has 0 aliphatic carbocycles. The van der Waals surface area contributed by atoms with E-state index in [-0.39, 0.29) is 0 Å². The summed E-state index contributed by atoms with van der Waals surface area (Å²) < 4.78 is 0. The first-order chi connectivity index (χ1) is 35.7. The molecule has 0 fully saturated rings. The lowest BCUT2D eigenvalue weighted by molar-refractivity contribution is 0.674. The third-order valence-corrected chi connectivity index (χ3v) is 13.1. The Morgan fingerprint density at radius 2 is 0.556 bits per heavy atom. The van der Waals surface area contributed by atoms with Crippen LogP contribution in [0.25, 0.3) is 89.8 Å². The first kappa shape index (κ1) is 43.6. The molecule has 0 bridgehead atoms. The number of aromatic nitrogens is 3. The second-order valence-electron chi connectivity index (χ2n) is 17.7. The van der Waals surface area contributed by atoms with Gasteiger partial charge in [-0.3, -0.25) is 0 Å². The van der Waals surface area contributed by atoms with E-state index < -0.39 is 6.17 Å². The van der Waals surface area contributed by atoms with E-state index in [0.717, 1.165) is 94.9 Å². The van der Waals surface area contributed by atoms with E-state index in [9.17, 15) is 0 Å². The van der Waals surface area contributed by atoms with Crippen LogP contribution >= 0.6 is 0 Å². The summed E-state index contributed by atoms with van der Waals surface area (Å²) in [6, 6.07) is 92.5. The monoisotopic (exact) mass is 922 g/mol. The Kier molecular flexibility index (Phi) is 12.0. The van der Waals surface area contributed by atoms with Crippen LogP contribution in [0.15, 0.2) is 277 Å². The van der Waals surface area contributed by atoms with Crippen LogP contribution in [0.1, 0.15) is 22.9 Å². The van der Waals surface area contributed by atoms with Gasteiger partial charge in [-0.2, -0.15) is 0 Å². The fourth-order valence-electron chi connectivity index (χ4n) is 9.29. The number of nitrogens with one attached hydrogen (secondary N) is 1. The smallest absolute Gasteiger partial charge is 0.164 e.